The van der Waals surface area contributed by atoms with Gasteiger partial charge in [-0.05, 0) is 12.8 Å². The number of carbonyl (C=O) groups excluding carboxylic acids is 1. The maximum atomic E-state index is 11.6. The van der Waals surface area contributed by atoms with Gasteiger partial charge < -0.3 is 10.4 Å². The van der Waals surface area contributed by atoms with Crippen LogP contribution in [0.5, 0.6) is 0 Å². The van der Waals surface area contributed by atoms with Crippen molar-refractivity contribution in [1.82, 2.24) is 14.9 Å². The summed E-state index contributed by atoms with van der Waals surface area (Å²) in [4.78, 5) is 22.8. The molecule has 1 aromatic heterocycles. The van der Waals surface area contributed by atoms with Gasteiger partial charge in [0, 0.05) is 18.1 Å². The molecule has 0 saturated heterocycles. The number of anilines is 1. The van der Waals surface area contributed by atoms with E-state index < -0.39 is 17.4 Å². The smallest absolute Gasteiger partial charge is 0.319 e. The molecular formula is C10H14N4O3S. The number of aliphatic carboxylic acids is 1. The lowest BCUT2D eigenvalue weighted by molar-refractivity contribution is -0.148. The van der Waals surface area contributed by atoms with Crippen LogP contribution in [0.3, 0.4) is 0 Å². The number of amides is 2. The van der Waals surface area contributed by atoms with Gasteiger partial charge >= 0.3 is 12.0 Å². The number of urea groups is 1. The number of carboxylic acids is 1. The number of aromatic nitrogens is 2. The summed E-state index contributed by atoms with van der Waals surface area (Å²) in [6, 6.07) is -0.423. The van der Waals surface area contributed by atoms with Crippen molar-refractivity contribution in [1.29, 1.82) is 0 Å². The van der Waals surface area contributed by atoms with Crippen molar-refractivity contribution in [2.75, 3.05) is 11.9 Å². The van der Waals surface area contributed by atoms with Gasteiger partial charge in [-0.15, -0.1) is 5.10 Å². The van der Waals surface area contributed by atoms with Crippen LogP contribution in [0.4, 0.5) is 9.80 Å². The Labute approximate surface area is 108 Å². The van der Waals surface area contributed by atoms with Gasteiger partial charge in [0.1, 0.15) is 5.00 Å². The fourth-order valence-corrected chi connectivity index (χ4v) is 2.56. The molecule has 98 valence electrons. The molecule has 1 saturated carbocycles. The zero-order valence-electron chi connectivity index (χ0n) is 9.68. The van der Waals surface area contributed by atoms with Crippen LogP contribution in [0, 0.1) is 5.41 Å². The van der Waals surface area contributed by atoms with Gasteiger partial charge in [-0.1, -0.05) is 17.3 Å². The van der Waals surface area contributed by atoms with Crippen molar-refractivity contribution in [2.45, 2.75) is 25.7 Å². The topological polar surface area (TPSA) is 104 Å². The fraction of sp³-hybridized carbons (Fsp3) is 0.600. The van der Waals surface area contributed by atoms with Crippen LogP contribution in [-0.4, -0.2) is 33.2 Å². The van der Waals surface area contributed by atoms with Gasteiger partial charge in [-0.3, -0.25) is 10.1 Å². The lowest BCUT2D eigenvalue weighted by Crippen LogP contribution is -2.42. The van der Waals surface area contributed by atoms with E-state index in [4.69, 9.17) is 0 Å². The number of carbonyl (C=O) groups is 2. The summed E-state index contributed by atoms with van der Waals surface area (Å²) >= 11 is 1.07. The highest BCUT2D eigenvalue weighted by Crippen LogP contribution is 2.37. The quantitative estimate of drug-likeness (QED) is 0.765. The molecule has 3 N–H and O–H groups in total. The summed E-state index contributed by atoms with van der Waals surface area (Å²) in [5.74, 6) is -0.834. The van der Waals surface area contributed by atoms with Crippen LogP contribution in [-0.2, 0) is 4.79 Å². The van der Waals surface area contributed by atoms with Gasteiger partial charge in [0.25, 0.3) is 0 Å². The van der Waals surface area contributed by atoms with E-state index in [-0.39, 0.29) is 6.54 Å². The number of rotatable bonds is 4. The Kier molecular flexibility index (Phi) is 3.75. The normalized spacial score (nSPS) is 17.3. The van der Waals surface area contributed by atoms with Gasteiger partial charge in [0.2, 0.25) is 0 Å². The highest BCUT2D eigenvalue weighted by atomic mass is 32.1. The Balaban J connectivity index is 1.86. The van der Waals surface area contributed by atoms with Crippen LogP contribution < -0.4 is 10.6 Å². The predicted molar refractivity (Wildman–Crippen MR) is 65.5 cm³/mol. The molecule has 0 spiro atoms. The second-order valence-electron chi connectivity index (χ2n) is 4.38. The summed E-state index contributed by atoms with van der Waals surface area (Å²) < 4.78 is 3.61. The summed E-state index contributed by atoms with van der Waals surface area (Å²) in [7, 11) is 0. The first-order valence-corrected chi connectivity index (χ1v) is 6.45. The largest absolute Gasteiger partial charge is 0.481 e. The molecule has 1 heterocycles. The van der Waals surface area contributed by atoms with E-state index in [9.17, 15) is 14.7 Å². The first-order chi connectivity index (χ1) is 8.62. The third kappa shape index (κ3) is 2.76. The van der Waals surface area contributed by atoms with E-state index in [2.05, 4.69) is 20.2 Å². The van der Waals surface area contributed by atoms with Crippen molar-refractivity contribution in [3.8, 4) is 0 Å². The number of hydrogen-bond donors (Lipinski definition) is 3. The number of carboxylic acid groups (broad SMARTS) is 1. The SMILES string of the molecule is O=C(NCC1(C(=O)O)CCCC1)Nc1cnns1. The summed E-state index contributed by atoms with van der Waals surface area (Å²) in [6.07, 6.45) is 4.46. The maximum Gasteiger partial charge on any atom is 0.319 e. The molecule has 1 aromatic rings. The first kappa shape index (κ1) is 12.7. The lowest BCUT2D eigenvalue weighted by atomic mass is 9.86. The third-order valence-corrected chi connectivity index (χ3v) is 3.78. The zero-order chi connectivity index (χ0) is 13.0. The number of hydrogen-bond acceptors (Lipinski definition) is 5. The number of nitrogens with one attached hydrogen (secondary N) is 2. The zero-order valence-corrected chi connectivity index (χ0v) is 10.5. The molecule has 2 amide bonds. The van der Waals surface area contributed by atoms with Crippen molar-refractivity contribution >= 4 is 28.5 Å². The molecule has 1 fully saturated rings. The van der Waals surface area contributed by atoms with Crippen LogP contribution in [0.2, 0.25) is 0 Å². The first-order valence-electron chi connectivity index (χ1n) is 5.68. The highest BCUT2D eigenvalue weighted by molar-refractivity contribution is 7.10. The van der Waals surface area contributed by atoms with Gasteiger partial charge in [-0.25, -0.2) is 4.79 Å². The molecule has 0 aromatic carbocycles. The minimum atomic E-state index is -0.834. The molecule has 0 aliphatic heterocycles. The highest BCUT2D eigenvalue weighted by Gasteiger charge is 2.41. The predicted octanol–water partition coefficient (Wildman–Crippen LogP) is 1.30. The molecule has 2 rings (SSSR count). The van der Waals surface area contributed by atoms with Crippen LogP contribution in [0.1, 0.15) is 25.7 Å². The van der Waals surface area contributed by atoms with E-state index in [0.29, 0.717) is 17.8 Å². The van der Waals surface area contributed by atoms with E-state index in [1.165, 1.54) is 6.20 Å². The third-order valence-electron chi connectivity index (χ3n) is 3.20. The summed E-state index contributed by atoms with van der Waals surface area (Å²) in [5, 5.41) is 18.5. The molecule has 8 heteroatoms. The molecule has 7 nitrogen and oxygen atoms in total. The van der Waals surface area contributed by atoms with Gasteiger partial charge in [0.05, 0.1) is 11.6 Å². The molecule has 0 radical (unpaired) electrons. The Morgan fingerprint density at radius 3 is 2.72 bits per heavy atom. The van der Waals surface area contributed by atoms with Gasteiger partial charge in [0.15, 0.2) is 0 Å². The van der Waals surface area contributed by atoms with Crippen molar-refractivity contribution in [2.24, 2.45) is 5.41 Å². The number of nitrogens with zero attached hydrogens (tertiary/aromatic N) is 2. The minimum absolute atomic E-state index is 0.153. The molecule has 1 aliphatic rings. The molecular weight excluding hydrogens is 256 g/mol. The van der Waals surface area contributed by atoms with Gasteiger partial charge in [-0.2, -0.15) is 0 Å². The Bertz CT molecular complexity index is 428. The van der Waals surface area contributed by atoms with E-state index >= 15 is 0 Å². The van der Waals surface area contributed by atoms with Crippen LogP contribution in [0.25, 0.3) is 0 Å². The molecule has 1 aliphatic carbocycles. The van der Waals surface area contributed by atoms with Crippen molar-refractivity contribution < 1.29 is 14.7 Å². The molecule has 0 atom stereocenters. The lowest BCUT2D eigenvalue weighted by Gasteiger charge is -2.23. The van der Waals surface area contributed by atoms with E-state index in [0.717, 1.165) is 24.4 Å². The average Bonchev–Trinajstić information content (AvgIpc) is 2.97. The monoisotopic (exact) mass is 270 g/mol. The molecule has 0 bridgehead atoms. The fourth-order valence-electron chi connectivity index (χ4n) is 2.15. The van der Waals surface area contributed by atoms with E-state index in [1.807, 2.05) is 0 Å². The Hall–Kier alpha value is -1.70. The standard InChI is InChI=1S/C10H14N4O3S/c15-8(16)10(3-1-2-4-10)6-11-9(17)13-7-5-12-14-18-7/h5H,1-4,6H2,(H,15,16)(H2,11,13,17). The van der Waals surface area contributed by atoms with Crippen LogP contribution in [0.15, 0.2) is 6.20 Å². The average molecular weight is 270 g/mol. The van der Waals surface area contributed by atoms with Crippen molar-refractivity contribution in [3.63, 3.8) is 0 Å². The molecule has 0 unspecified atom stereocenters. The maximum absolute atomic E-state index is 11.6. The molecule has 18 heavy (non-hydrogen) atoms. The summed E-state index contributed by atoms with van der Waals surface area (Å²) in [5.41, 5.74) is -0.802. The Morgan fingerprint density at radius 1 is 1.44 bits per heavy atom. The van der Waals surface area contributed by atoms with E-state index in [1.54, 1.807) is 0 Å². The summed E-state index contributed by atoms with van der Waals surface area (Å²) in [6.45, 7) is 0.153. The van der Waals surface area contributed by atoms with Crippen LogP contribution >= 0.6 is 11.5 Å². The Morgan fingerprint density at radius 2 is 2.17 bits per heavy atom. The van der Waals surface area contributed by atoms with Crippen molar-refractivity contribution in [3.05, 3.63) is 6.20 Å². The second-order valence-corrected chi connectivity index (χ2v) is 5.17. The second kappa shape index (κ2) is 5.30. The minimum Gasteiger partial charge on any atom is -0.481 e.